The zero-order valence-electron chi connectivity index (χ0n) is 9.03. The summed E-state index contributed by atoms with van der Waals surface area (Å²) >= 11 is 3.50. The molecule has 1 unspecified atom stereocenters. The van der Waals surface area contributed by atoms with E-state index < -0.39 is 0 Å². The largest absolute Gasteiger partial charge is 0.358 e. The maximum absolute atomic E-state index is 5.81. The Morgan fingerprint density at radius 2 is 2.19 bits per heavy atom. The van der Waals surface area contributed by atoms with Gasteiger partial charge in [0.2, 0.25) is 0 Å². The first-order valence-corrected chi connectivity index (χ1v) is 6.51. The van der Waals surface area contributed by atoms with Gasteiger partial charge in [0, 0.05) is 22.7 Å². The van der Waals surface area contributed by atoms with Crippen LogP contribution >= 0.6 is 15.9 Å². The number of rotatable bonds is 1. The van der Waals surface area contributed by atoms with Gasteiger partial charge in [0.25, 0.3) is 0 Å². The van der Waals surface area contributed by atoms with Crippen molar-refractivity contribution in [1.82, 2.24) is 4.57 Å². The van der Waals surface area contributed by atoms with E-state index in [0.717, 1.165) is 17.5 Å². The normalized spacial score (nSPS) is 21.4. The van der Waals surface area contributed by atoms with Crippen molar-refractivity contribution in [2.45, 2.75) is 25.5 Å². The maximum Gasteiger partial charge on any atom is 0.133 e. The second-order valence-electron chi connectivity index (χ2n) is 4.25. The van der Waals surface area contributed by atoms with Gasteiger partial charge in [-0.05, 0) is 43.5 Å². The summed E-state index contributed by atoms with van der Waals surface area (Å²) in [6, 6.07) is 8.53. The Morgan fingerprint density at radius 1 is 1.25 bits per heavy atom. The van der Waals surface area contributed by atoms with Crippen molar-refractivity contribution in [2.24, 2.45) is 0 Å². The van der Waals surface area contributed by atoms with Crippen molar-refractivity contribution < 1.29 is 4.74 Å². The molecule has 16 heavy (non-hydrogen) atoms. The molecule has 1 aliphatic heterocycles. The molecule has 1 saturated heterocycles. The van der Waals surface area contributed by atoms with Crippen LogP contribution in [0.25, 0.3) is 10.9 Å². The lowest BCUT2D eigenvalue weighted by molar-refractivity contribution is -0.0291. The summed E-state index contributed by atoms with van der Waals surface area (Å²) in [5.41, 5.74) is 1.26. The molecule has 2 aromatic rings. The molecule has 0 saturated carbocycles. The molecule has 1 atom stereocenters. The van der Waals surface area contributed by atoms with E-state index in [2.05, 4.69) is 51.0 Å². The number of ether oxygens (including phenoxy) is 1. The van der Waals surface area contributed by atoms with Crippen molar-refractivity contribution in [3.05, 3.63) is 34.9 Å². The first-order valence-electron chi connectivity index (χ1n) is 5.72. The van der Waals surface area contributed by atoms with Crippen molar-refractivity contribution in [3.8, 4) is 0 Å². The Kier molecular flexibility index (Phi) is 2.74. The molecule has 0 amide bonds. The average molecular weight is 280 g/mol. The van der Waals surface area contributed by atoms with Crippen molar-refractivity contribution in [1.29, 1.82) is 0 Å². The van der Waals surface area contributed by atoms with Gasteiger partial charge >= 0.3 is 0 Å². The second kappa shape index (κ2) is 4.22. The van der Waals surface area contributed by atoms with Crippen LogP contribution in [-0.2, 0) is 4.74 Å². The van der Waals surface area contributed by atoms with E-state index in [1.54, 1.807) is 0 Å². The highest BCUT2D eigenvalue weighted by Gasteiger charge is 2.16. The van der Waals surface area contributed by atoms with Gasteiger partial charge in [0.1, 0.15) is 6.23 Å². The molecule has 1 aromatic carbocycles. The van der Waals surface area contributed by atoms with Crippen LogP contribution in [0.1, 0.15) is 25.5 Å². The van der Waals surface area contributed by atoms with Crippen LogP contribution in [0.5, 0.6) is 0 Å². The number of aromatic nitrogens is 1. The Balaban J connectivity index is 2.03. The predicted molar refractivity (Wildman–Crippen MR) is 68.5 cm³/mol. The van der Waals surface area contributed by atoms with Gasteiger partial charge in [-0.3, -0.25) is 0 Å². The molecule has 0 spiro atoms. The summed E-state index contributed by atoms with van der Waals surface area (Å²) in [5.74, 6) is 0. The molecule has 2 nitrogen and oxygen atoms in total. The van der Waals surface area contributed by atoms with E-state index in [4.69, 9.17) is 4.74 Å². The van der Waals surface area contributed by atoms with E-state index >= 15 is 0 Å². The Labute approximate surface area is 103 Å². The van der Waals surface area contributed by atoms with Gasteiger partial charge < -0.3 is 9.30 Å². The summed E-state index contributed by atoms with van der Waals surface area (Å²) in [6.45, 7) is 0.890. The summed E-state index contributed by atoms with van der Waals surface area (Å²) in [4.78, 5) is 0. The number of nitrogens with zero attached hydrogens (tertiary/aromatic N) is 1. The zero-order chi connectivity index (χ0) is 11.0. The molecule has 0 N–H and O–H groups in total. The smallest absolute Gasteiger partial charge is 0.133 e. The van der Waals surface area contributed by atoms with Crippen LogP contribution in [-0.4, -0.2) is 11.2 Å². The molecule has 1 fully saturated rings. The minimum Gasteiger partial charge on any atom is -0.358 e. The van der Waals surface area contributed by atoms with Crippen LogP contribution in [0.3, 0.4) is 0 Å². The summed E-state index contributed by atoms with van der Waals surface area (Å²) in [7, 11) is 0. The highest BCUT2D eigenvalue weighted by Crippen LogP contribution is 2.28. The predicted octanol–water partition coefficient (Wildman–Crippen LogP) is 4.10. The molecular formula is C13H14BrNO. The lowest BCUT2D eigenvalue weighted by Gasteiger charge is -2.24. The first kappa shape index (κ1) is 10.4. The molecule has 3 rings (SSSR count). The van der Waals surface area contributed by atoms with Crippen LogP contribution in [0.2, 0.25) is 0 Å². The SMILES string of the molecule is Brc1ccc2c(ccn2C2CCCCO2)c1. The van der Waals surface area contributed by atoms with E-state index in [1.807, 2.05) is 0 Å². The van der Waals surface area contributed by atoms with Gasteiger partial charge in [0.15, 0.2) is 0 Å². The highest BCUT2D eigenvalue weighted by atomic mass is 79.9. The highest BCUT2D eigenvalue weighted by molar-refractivity contribution is 9.10. The van der Waals surface area contributed by atoms with Crippen LogP contribution < -0.4 is 0 Å². The Morgan fingerprint density at radius 3 is 3.00 bits per heavy atom. The quantitative estimate of drug-likeness (QED) is 0.767. The Bertz CT molecular complexity index is 500. The molecule has 84 valence electrons. The van der Waals surface area contributed by atoms with Crippen LogP contribution in [0.15, 0.2) is 34.9 Å². The van der Waals surface area contributed by atoms with E-state index in [1.165, 1.54) is 23.7 Å². The summed E-state index contributed by atoms with van der Waals surface area (Å²) in [6.07, 6.45) is 5.95. The second-order valence-corrected chi connectivity index (χ2v) is 5.16. The van der Waals surface area contributed by atoms with E-state index in [-0.39, 0.29) is 6.23 Å². The minimum atomic E-state index is 0.229. The van der Waals surface area contributed by atoms with Gasteiger partial charge in [0.05, 0.1) is 5.52 Å². The molecule has 1 aliphatic rings. The number of hydrogen-bond acceptors (Lipinski definition) is 1. The molecule has 0 bridgehead atoms. The van der Waals surface area contributed by atoms with E-state index in [9.17, 15) is 0 Å². The third kappa shape index (κ3) is 1.78. The van der Waals surface area contributed by atoms with Crippen LogP contribution in [0.4, 0.5) is 0 Å². The summed E-state index contributed by atoms with van der Waals surface area (Å²) < 4.78 is 9.19. The first-order chi connectivity index (χ1) is 7.84. The molecule has 2 heterocycles. The van der Waals surface area contributed by atoms with Gasteiger partial charge in [-0.15, -0.1) is 0 Å². The molecular weight excluding hydrogens is 266 g/mol. The maximum atomic E-state index is 5.81. The number of fused-ring (bicyclic) bond motifs is 1. The van der Waals surface area contributed by atoms with Crippen LogP contribution in [0, 0.1) is 0 Å². The molecule has 0 radical (unpaired) electrons. The number of halogens is 1. The van der Waals surface area contributed by atoms with Gasteiger partial charge in [-0.1, -0.05) is 15.9 Å². The average Bonchev–Trinajstić information content (AvgIpc) is 2.73. The van der Waals surface area contributed by atoms with Crippen molar-refractivity contribution in [2.75, 3.05) is 6.61 Å². The topological polar surface area (TPSA) is 14.2 Å². The fourth-order valence-electron chi connectivity index (χ4n) is 2.33. The fourth-order valence-corrected chi connectivity index (χ4v) is 2.71. The minimum absolute atomic E-state index is 0.229. The number of benzene rings is 1. The lowest BCUT2D eigenvalue weighted by Crippen LogP contribution is -2.17. The lowest BCUT2D eigenvalue weighted by atomic mass is 10.2. The number of hydrogen-bond donors (Lipinski definition) is 0. The third-order valence-electron chi connectivity index (χ3n) is 3.15. The Hall–Kier alpha value is -0.800. The third-order valence-corrected chi connectivity index (χ3v) is 3.64. The molecule has 1 aromatic heterocycles. The zero-order valence-corrected chi connectivity index (χ0v) is 10.6. The molecule has 3 heteroatoms. The van der Waals surface area contributed by atoms with Gasteiger partial charge in [-0.25, -0.2) is 0 Å². The van der Waals surface area contributed by atoms with Gasteiger partial charge in [-0.2, -0.15) is 0 Å². The van der Waals surface area contributed by atoms with E-state index in [0.29, 0.717) is 0 Å². The standard InChI is InChI=1S/C13H14BrNO/c14-11-4-5-12-10(9-11)6-7-15(12)13-3-1-2-8-16-13/h4-7,9,13H,1-3,8H2. The fraction of sp³-hybridized carbons (Fsp3) is 0.385. The van der Waals surface area contributed by atoms with Crippen molar-refractivity contribution in [3.63, 3.8) is 0 Å². The monoisotopic (exact) mass is 279 g/mol. The molecule has 0 aliphatic carbocycles. The van der Waals surface area contributed by atoms with Crippen molar-refractivity contribution >= 4 is 26.8 Å². The summed E-state index contributed by atoms with van der Waals surface area (Å²) in [5, 5.41) is 1.27.